The highest BCUT2D eigenvalue weighted by molar-refractivity contribution is 9.10. The zero-order valence-electron chi connectivity index (χ0n) is 15.7. The molecule has 0 spiro atoms. The highest BCUT2D eigenvalue weighted by atomic mass is 79.9. The molecule has 7 heteroatoms. The van der Waals surface area contributed by atoms with Gasteiger partial charge in [-0.05, 0) is 68.8 Å². The molecule has 1 saturated heterocycles. The number of carbonyl (C=O) groups is 1. The van der Waals surface area contributed by atoms with Crippen LogP contribution in [0.4, 0.5) is 4.79 Å². The van der Waals surface area contributed by atoms with Crippen LogP contribution in [0.5, 0.6) is 6.01 Å². The summed E-state index contributed by atoms with van der Waals surface area (Å²) in [5.74, 6) is 0.367. The van der Waals surface area contributed by atoms with E-state index in [9.17, 15) is 4.79 Å². The number of rotatable bonds is 4. The summed E-state index contributed by atoms with van der Waals surface area (Å²) in [6, 6.07) is 0.671. The number of ether oxygens (including phenoxy) is 2. The Hall–Kier alpha value is -1.37. The molecule has 0 radical (unpaired) electrons. The Morgan fingerprint density at radius 1 is 1.32 bits per heavy atom. The van der Waals surface area contributed by atoms with Gasteiger partial charge in [0.15, 0.2) is 0 Å². The molecular weight excluding hydrogens is 386 g/mol. The van der Waals surface area contributed by atoms with Crippen LogP contribution in [0.1, 0.15) is 53.9 Å². The molecule has 2 rings (SSSR count). The number of hydrogen-bond acceptors (Lipinski definition) is 5. The van der Waals surface area contributed by atoms with Crippen LogP contribution in [0.3, 0.4) is 0 Å². The summed E-state index contributed by atoms with van der Waals surface area (Å²) >= 11 is 3.31. The van der Waals surface area contributed by atoms with Gasteiger partial charge in [-0.3, -0.25) is 0 Å². The SMILES string of the molecule is CCC1C[C@@H](COc2ncc(Br)cn2)CC(C)N1C(=O)OC(C)(C)C. The summed E-state index contributed by atoms with van der Waals surface area (Å²) in [6.07, 6.45) is 5.80. The minimum Gasteiger partial charge on any atom is -0.463 e. The maximum Gasteiger partial charge on any atom is 0.410 e. The summed E-state index contributed by atoms with van der Waals surface area (Å²) in [6.45, 7) is 10.4. The second kappa shape index (κ2) is 8.34. The molecule has 0 saturated carbocycles. The molecule has 1 aliphatic heterocycles. The largest absolute Gasteiger partial charge is 0.463 e. The van der Waals surface area contributed by atoms with Crippen LogP contribution in [-0.2, 0) is 4.74 Å². The van der Waals surface area contributed by atoms with Crippen molar-refractivity contribution in [2.75, 3.05) is 6.61 Å². The Morgan fingerprint density at radius 2 is 1.96 bits per heavy atom. The Labute approximate surface area is 158 Å². The summed E-state index contributed by atoms with van der Waals surface area (Å²) in [5, 5.41) is 0. The van der Waals surface area contributed by atoms with E-state index in [4.69, 9.17) is 9.47 Å². The Kier molecular flexibility index (Phi) is 6.65. The molecule has 2 unspecified atom stereocenters. The minimum atomic E-state index is -0.478. The third-order valence-electron chi connectivity index (χ3n) is 4.27. The standard InChI is InChI=1S/C18H28BrN3O3/c1-6-15-8-13(11-24-16-20-9-14(19)10-21-16)7-12(2)22(15)17(23)25-18(3,4)5/h9-10,12-13,15H,6-8,11H2,1-5H3/t12?,13-,15?/m0/s1. The Morgan fingerprint density at radius 3 is 2.52 bits per heavy atom. The Bertz CT molecular complexity index is 574. The van der Waals surface area contributed by atoms with Gasteiger partial charge in [-0.1, -0.05) is 6.92 Å². The Balaban J connectivity index is 1.96. The first-order chi connectivity index (χ1) is 11.7. The average molecular weight is 414 g/mol. The summed E-state index contributed by atoms with van der Waals surface area (Å²) in [4.78, 5) is 22.7. The van der Waals surface area contributed by atoms with Crippen LogP contribution in [0.15, 0.2) is 16.9 Å². The summed E-state index contributed by atoms with van der Waals surface area (Å²) in [7, 11) is 0. The monoisotopic (exact) mass is 413 g/mol. The van der Waals surface area contributed by atoms with Crippen LogP contribution >= 0.6 is 15.9 Å². The first-order valence-corrected chi connectivity index (χ1v) is 9.60. The molecule has 0 bridgehead atoms. The number of amides is 1. The molecule has 25 heavy (non-hydrogen) atoms. The van der Waals surface area contributed by atoms with Gasteiger partial charge in [-0.25, -0.2) is 14.8 Å². The number of carbonyl (C=O) groups excluding carboxylic acids is 1. The van der Waals surface area contributed by atoms with Gasteiger partial charge in [-0.15, -0.1) is 0 Å². The molecule has 1 fully saturated rings. The molecule has 1 amide bonds. The fourth-order valence-electron chi connectivity index (χ4n) is 3.26. The number of hydrogen-bond donors (Lipinski definition) is 0. The topological polar surface area (TPSA) is 64.6 Å². The molecule has 0 aromatic carbocycles. The van der Waals surface area contributed by atoms with E-state index in [1.54, 1.807) is 12.4 Å². The lowest BCUT2D eigenvalue weighted by Gasteiger charge is -2.43. The van der Waals surface area contributed by atoms with E-state index in [0.717, 1.165) is 23.7 Å². The highest BCUT2D eigenvalue weighted by Gasteiger charge is 2.37. The molecule has 1 aliphatic rings. The van der Waals surface area contributed by atoms with Crippen LogP contribution in [0.2, 0.25) is 0 Å². The predicted octanol–water partition coefficient (Wildman–Crippen LogP) is 4.43. The fourth-order valence-corrected chi connectivity index (χ4v) is 3.47. The van der Waals surface area contributed by atoms with Crippen molar-refractivity contribution >= 4 is 22.0 Å². The van der Waals surface area contributed by atoms with Crippen molar-refractivity contribution in [3.8, 4) is 6.01 Å². The molecule has 6 nitrogen and oxygen atoms in total. The number of halogens is 1. The molecular formula is C18H28BrN3O3. The van der Waals surface area contributed by atoms with Gasteiger partial charge in [0.1, 0.15) is 5.60 Å². The van der Waals surface area contributed by atoms with Crippen LogP contribution in [0.25, 0.3) is 0 Å². The fraction of sp³-hybridized carbons (Fsp3) is 0.722. The molecule has 2 heterocycles. The maximum absolute atomic E-state index is 12.6. The average Bonchev–Trinajstić information content (AvgIpc) is 2.51. The number of nitrogens with zero attached hydrogens (tertiary/aromatic N) is 3. The van der Waals surface area contributed by atoms with E-state index in [-0.39, 0.29) is 18.2 Å². The van der Waals surface area contributed by atoms with E-state index in [0.29, 0.717) is 18.5 Å². The predicted molar refractivity (Wildman–Crippen MR) is 99.6 cm³/mol. The quantitative estimate of drug-likeness (QED) is 0.729. The lowest BCUT2D eigenvalue weighted by atomic mass is 9.86. The molecule has 0 aliphatic carbocycles. The van der Waals surface area contributed by atoms with Crippen molar-refractivity contribution in [2.45, 2.75) is 71.6 Å². The molecule has 1 aromatic rings. The first-order valence-electron chi connectivity index (χ1n) is 8.81. The van der Waals surface area contributed by atoms with Gasteiger partial charge in [0.25, 0.3) is 0 Å². The third-order valence-corrected chi connectivity index (χ3v) is 4.68. The maximum atomic E-state index is 12.6. The van der Waals surface area contributed by atoms with Crippen LogP contribution in [-0.4, -0.2) is 45.3 Å². The zero-order chi connectivity index (χ0) is 18.6. The van der Waals surface area contributed by atoms with Gasteiger partial charge in [0, 0.05) is 24.5 Å². The van der Waals surface area contributed by atoms with Gasteiger partial charge in [-0.2, -0.15) is 0 Å². The van der Waals surface area contributed by atoms with E-state index < -0.39 is 5.60 Å². The summed E-state index contributed by atoms with van der Waals surface area (Å²) < 4.78 is 12.2. The lowest BCUT2D eigenvalue weighted by molar-refractivity contribution is -0.0151. The third kappa shape index (κ3) is 5.83. The van der Waals surface area contributed by atoms with Crippen molar-refractivity contribution in [2.24, 2.45) is 5.92 Å². The van der Waals surface area contributed by atoms with Crippen LogP contribution < -0.4 is 4.74 Å². The van der Waals surface area contributed by atoms with Gasteiger partial charge in [0.2, 0.25) is 0 Å². The van der Waals surface area contributed by atoms with Crippen molar-refractivity contribution in [1.29, 1.82) is 0 Å². The van der Waals surface area contributed by atoms with E-state index in [1.165, 1.54) is 0 Å². The van der Waals surface area contributed by atoms with Crippen molar-refractivity contribution in [3.05, 3.63) is 16.9 Å². The second-order valence-electron chi connectivity index (χ2n) is 7.63. The van der Waals surface area contributed by atoms with Crippen molar-refractivity contribution in [1.82, 2.24) is 14.9 Å². The van der Waals surface area contributed by atoms with Gasteiger partial charge >= 0.3 is 12.1 Å². The molecule has 3 atom stereocenters. The van der Waals surface area contributed by atoms with Gasteiger partial charge < -0.3 is 14.4 Å². The smallest absolute Gasteiger partial charge is 0.410 e. The number of aromatic nitrogens is 2. The van der Waals surface area contributed by atoms with E-state index in [2.05, 4.69) is 39.7 Å². The molecule has 140 valence electrons. The second-order valence-corrected chi connectivity index (χ2v) is 8.55. The highest BCUT2D eigenvalue weighted by Crippen LogP contribution is 2.31. The zero-order valence-corrected chi connectivity index (χ0v) is 17.2. The van der Waals surface area contributed by atoms with Gasteiger partial charge in [0.05, 0.1) is 11.1 Å². The van der Waals surface area contributed by atoms with E-state index >= 15 is 0 Å². The van der Waals surface area contributed by atoms with Crippen molar-refractivity contribution in [3.63, 3.8) is 0 Å². The lowest BCUT2D eigenvalue weighted by Crippen LogP contribution is -2.53. The molecule has 0 N–H and O–H groups in total. The van der Waals surface area contributed by atoms with Crippen LogP contribution in [0, 0.1) is 5.92 Å². The normalized spacial score (nSPS) is 24.1. The van der Waals surface area contributed by atoms with Crippen molar-refractivity contribution < 1.29 is 14.3 Å². The molecule has 1 aromatic heterocycles. The number of piperidine rings is 1. The van der Waals surface area contributed by atoms with E-state index in [1.807, 2.05) is 25.7 Å². The summed E-state index contributed by atoms with van der Waals surface area (Å²) in [5.41, 5.74) is -0.478. The number of likely N-dealkylation sites (tertiary alicyclic amines) is 1. The minimum absolute atomic E-state index is 0.119. The first kappa shape index (κ1) is 19.9.